The number of aromatic nitrogens is 2. The van der Waals surface area contributed by atoms with Crippen LogP contribution in [-0.4, -0.2) is 15.9 Å². The number of carbonyl (C=O) groups excluding carboxylic acids is 1. The third kappa shape index (κ3) is 4.91. The van der Waals surface area contributed by atoms with Crippen LogP contribution in [0.5, 0.6) is 0 Å². The first-order valence-electron chi connectivity index (χ1n) is 8.15. The molecule has 4 nitrogen and oxygen atoms in total. The highest BCUT2D eigenvalue weighted by Gasteiger charge is 2.30. The number of alkyl halides is 3. The third-order valence-corrected chi connectivity index (χ3v) is 4.78. The summed E-state index contributed by atoms with van der Waals surface area (Å²) in [4.78, 5) is 20.8. The number of benzene rings is 1. The van der Waals surface area contributed by atoms with Gasteiger partial charge < -0.3 is 5.32 Å². The smallest absolute Gasteiger partial charge is 0.349 e. The first-order chi connectivity index (χ1) is 12.8. The number of carbonyl (C=O) groups is 1. The van der Waals surface area contributed by atoms with Crippen molar-refractivity contribution in [2.24, 2.45) is 0 Å². The number of halogens is 3. The van der Waals surface area contributed by atoms with Crippen LogP contribution in [0.25, 0.3) is 10.7 Å². The van der Waals surface area contributed by atoms with Crippen molar-refractivity contribution in [3.8, 4) is 10.7 Å². The summed E-state index contributed by atoms with van der Waals surface area (Å²) in [5, 5.41) is 5.20. The van der Waals surface area contributed by atoms with Gasteiger partial charge in [-0.15, -0.1) is 11.3 Å². The fourth-order valence-corrected chi connectivity index (χ4v) is 3.31. The second kappa shape index (κ2) is 7.87. The van der Waals surface area contributed by atoms with Crippen LogP contribution in [0, 0.1) is 0 Å². The molecule has 3 rings (SSSR count). The molecular formula is C19H16F3N3OS. The van der Waals surface area contributed by atoms with E-state index in [9.17, 15) is 18.0 Å². The first kappa shape index (κ1) is 19.0. The molecule has 0 aliphatic heterocycles. The standard InChI is InChI=1S/C19H16F3N3OS/c1-12(13-5-4-6-14(9-13)19(20,21)22)24-17(26)10-15-11-27-18(25-15)16-7-2-3-8-23-16/h2-9,11-12H,10H2,1H3,(H,24,26)/t12-/m0/s1. The fraction of sp³-hybridized carbons (Fsp3) is 0.211. The molecule has 2 heterocycles. The van der Waals surface area contributed by atoms with Crippen molar-refractivity contribution in [2.75, 3.05) is 0 Å². The topological polar surface area (TPSA) is 54.9 Å². The Bertz CT molecular complexity index is 925. The molecule has 0 aliphatic rings. The van der Waals surface area contributed by atoms with Gasteiger partial charge in [0.25, 0.3) is 0 Å². The highest BCUT2D eigenvalue weighted by molar-refractivity contribution is 7.13. The van der Waals surface area contributed by atoms with E-state index in [1.54, 1.807) is 30.6 Å². The Morgan fingerprint density at radius 2 is 2.04 bits per heavy atom. The molecule has 0 aliphatic carbocycles. The van der Waals surface area contributed by atoms with Crippen LogP contribution in [0.4, 0.5) is 13.2 Å². The normalized spacial score (nSPS) is 12.6. The van der Waals surface area contributed by atoms with Crippen molar-refractivity contribution < 1.29 is 18.0 Å². The molecule has 0 fully saturated rings. The van der Waals surface area contributed by atoms with Crippen LogP contribution in [0.1, 0.15) is 29.8 Å². The second-order valence-corrected chi connectivity index (χ2v) is 6.81. The van der Waals surface area contributed by atoms with Crippen molar-refractivity contribution in [2.45, 2.75) is 25.6 Å². The molecule has 1 N–H and O–H groups in total. The van der Waals surface area contributed by atoms with E-state index in [0.717, 1.165) is 17.8 Å². The molecular weight excluding hydrogens is 375 g/mol. The Morgan fingerprint density at radius 1 is 1.22 bits per heavy atom. The average molecular weight is 391 g/mol. The monoisotopic (exact) mass is 391 g/mol. The molecule has 8 heteroatoms. The van der Waals surface area contributed by atoms with Crippen molar-refractivity contribution >= 4 is 17.2 Å². The van der Waals surface area contributed by atoms with E-state index in [2.05, 4.69) is 15.3 Å². The van der Waals surface area contributed by atoms with Gasteiger partial charge >= 0.3 is 6.18 Å². The van der Waals surface area contributed by atoms with Crippen LogP contribution in [0.2, 0.25) is 0 Å². The van der Waals surface area contributed by atoms with Crippen molar-refractivity contribution in [1.82, 2.24) is 15.3 Å². The minimum Gasteiger partial charge on any atom is -0.349 e. The Labute approximate surface area is 158 Å². The van der Waals surface area contributed by atoms with E-state index in [4.69, 9.17) is 0 Å². The number of hydrogen-bond donors (Lipinski definition) is 1. The molecule has 0 bridgehead atoms. The summed E-state index contributed by atoms with van der Waals surface area (Å²) in [7, 11) is 0. The minimum absolute atomic E-state index is 0.0482. The summed E-state index contributed by atoms with van der Waals surface area (Å²) in [6, 6.07) is 9.89. The van der Waals surface area contributed by atoms with Gasteiger partial charge in [0.15, 0.2) is 0 Å². The highest BCUT2D eigenvalue weighted by Crippen LogP contribution is 2.30. The van der Waals surface area contributed by atoms with Crippen LogP contribution >= 0.6 is 11.3 Å². The molecule has 0 saturated carbocycles. The molecule has 2 aromatic heterocycles. The lowest BCUT2D eigenvalue weighted by atomic mass is 10.0. The van der Waals surface area contributed by atoms with Crippen molar-refractivity contribution in [3.63, 3.8) is 0 Å². The van der Waals surface area contributed by atoms with Crippen molar-refractivity contribution in [1.29, 1.82) is 0 Å². The molecule has 0 radical (unpaired) electrons. The van der Waals surface area contributed by atoms with E-state index in [1.807, 2.05) is 12.1 Å². The SMILES string of the molecule is C[C@H](NC(=O)Cc1csc(-c2ccccn2)n1)c1cccc(C(F)(F)F)c1. The molecule has 0 unspecified atom stereocenters. The van der Waals surface area contributed by atoms with Gasteiger partial charge in [0.2, 0.25) is 5.91 Å². The number of pyridine rings is 1. The van der Waals surface area contributed by atoms with Crippen LogP contribution < -0.4 is 5.32 Å². The lowest BCUT2D eigenvalue weighted by Crippen LogP contribution is -2.28. The van der Waals surface area contributed by atoms with E-state index in [-0.39, 0.29) is 12.3 Å². The molecule has 3 aromatic rings. The van der Waals surface area contributed by atoms with Crippen molar-refractivity contribution in [3.05, 3.63) is 70.9 Å². The van der Waals surface area contributed by atoms with Gasteiger partial charge in [-0.25, -0.2) is 4.98 Å². The van der Waals surface area contributed by atoms with E-state index in [1.165, 1.54) is 17.4 Å². The number of amides is 1. The number of thiazole rings is 1. The predicted molar refractivity (Wildman–Crippen MR) is 97.1 cm³/mol. The Kier molecular flexibility index (Phi) is 5.55. The number of rotatable bonds is 5. The van der Waals surface area contributed by atoms with Crippen LogP contribution in [-0.2, 0) is 17.4 Å². The first-order valence-corrected chi connectivity index (χ1v) is 9.03. The average Bonchev–Trinajstić information content (AvgIpc) is 3.10. The maximum Gasteiger partial charge on any atom is 0.416 e. The molecule has 140 valence electrons. The van der Waals surface area contributed by atoms with Gasteiger partial charge in [-0.05, 0) is 36.8 Å². The van der Waals surface area contributed by atoms with Gasteiger partial charge in [0.1, 0.15) is 5.01 Å². The zero-order valence-corrected chi connectivity index (χ0v) is 15.1. The minimum atomic E-state index is -4.41. The number of nitrogens with one attached hydrogen (secondary N) is 1. The zero-order valence-electron chi connectivity index (χ0n) is 14.3. The highest BCUT2D eigenvalue weighted by atomic mass is 32.1. The zero-order chi connectivity index (χ0) is 19.4. The second-order valence-electron chi connectivity index (χ2n) is 5.95. The van der Waals surface area contributed by atoms with Gasteiger partial charge in [-0.3, -0.25) is 9.78 Å². The summed E-state index contributed by atoms with van der Waals surface area (Å²) < 4.78 is 38.5. The predicted octanol–water partition coefficient (Wildman–Crippen LogP) is 4.64. The van der Waals surface area contributed by atoms with Gasteiger partial charge in [-0.1, -0.05) is 18.2 Å². The molecule has 0 spiro atoms. The molecule has 27 heavy (non-hydrogen) atoms. The fourth-order valence-electron chi connectivity index (χ4n) is 2.52. The number of hydrogen-bond acceptors (Lipinski definition) is 4. The molecule has 1 aromatic carbocycles. The number of nitrogens with zero attached hydrogens (tertiary/aromatic N) is 2. The lowest BCUT2D eigenvalue weighted by Gasteiger charge is -2.16. The van der Waals surface area contributed by atoms with Gasteiger partial charge in [0.05, 0.1) is 29.4 Å². The molecule has 0 saturated heterocycles. The summed E-state index contributed by atoms with van der Waals surface area (Å²) in [5.41, 5.74) is 0.979. The van der Waals surface area contributed by atoms with Gasteiger partial charge in [-0.2, -0.15) is 13.2 Å². The maximum absolute atomic E-state index is 12.8. The Balaban J connectivity index is 1.64. The van der Waals surface area contributed by atoms with E-state index < -0.39 is 17.8 Å². The summed E-state index contributed by atoms with van der Waals surface area (Å²) in [6.45, 7) is 1.65. The lowest BCUT2D eigenvalue weighted by molar-refractivity contribution is -0.137. The Morgan fingerprint density at radius 3 is 2.74 bits per heavy atom. The summed E-state index contributed by atoms with van der Waals surface area (Å²) >= 11 is 1.39. The third-order valence-electron chi connectivity index (χ3n) is 3.87. The maximum atomic E-state index is 12.8. The summed E-state index contributed by atoms with van der Waals surface area (Å²) in [5.74, 6) is -0.308. The van der Waals surface area contributed by atoms with Crippen LogP contribution in [0.3, 0.4) is 0 Å². The Hall–Kier alpha value is -2.74. The largest absolute Gasteiger partial charge is 0.416 e. The van der Waals surface area contributed by atoms with Crippen LogP contribution in [0.15, 0.2) is 54.0 Å². The molecule has 1 atom stereocenters. The molecule has 1 amide bonds. The van der Waals surface area contributed by atoms with E-state index >= 15 is 0 Å². The van der Waals surface area contributed by atoms with Gasteiger partial charge in [0, 0.05) is 11.6 Å². The van der Waals surface area contributed by atoms with E-state index in [0.29, 0.717) is 16.3 Å². The quantitative estimate of drug-likeness (QED) is 0.689. The summed E-state index contributed by atoms with van der Waals surface area (Å²) in [6.07, 6.45) is -2.70.